The Morgan fingerprint density at radius 3 is 2.00 bits per heavy atom. The molecule has 1 aliphatic carbocycles. The van der Waals surface area contributed by atoms with Crippen molar-refractivity contribution in [2.45, 2.75) is 45.4 Å². The van der Waals surface area contributed by atoms with Crippen LogP contribution in [-0.4, -0.2) is 5.97 Å². The maximum atomic E-state index is 13.9. The lowest BCUT2D eigenvalue weighted by molar-refractivity contribution is 0.0726. The molecule has 3 aromatic rings. The van der Waals surface area contributed by atoms with Gasteiger partial charge >= 0.3 is 5.97 Å². The van der Waals surface area contributed by atoms with Crippen LogP contribution in [0.5, 0.6) is 5.75 Å². The van der Waals surface area contributed by atoms with Gasteiger partial charge < -0.3 is 4.74 Å². The fourth-order valence-corrected chi connectivity index (χ4v) is 4.26. The third-order valence-corrected chi connectivity index (χ3v) is 6.48. The second-order valence-electron chi connectivity index (χ2n) is 8.98. The van der Waals surface area contributed by atoms with Gasteiger partial charge in [-0.2, -0.15) is 4.39 Å². The quantitative estimate of drug-likeness (QED) is 0.226. The molecule has 0 saturated heterocycles. The molecule has 4 rings (SSSR count). The van der Waals surface area contributed by atoms with E-state index in [-0.39, 0.29) is 11.1 Å². The SMILES string of the molecule is Cc1ccc(OC(=O)c2ccc(/C=C/c3ccc(C4CCC(C)CC4)cc3)cc2)c(F)c1F. The van der Waals surface area contributed by atoms with Crippen molar-refractivity contribution in [1.29, 1.82) is 0 Å². The largest absolute Gasteiger partial charge is 0.420 e. The smallest absolute Gasteiger partial charge is 0.343 e. The average Bonchev–Trinajstić information content (AvgIpc) is 2.84. The first-order chi connectivity index (χ1) is 15.9. The van der Waals surface area contributed by atoms with Crippen LogP contribution in [0.25, 0.3) is 12.2 Å². The lowest BCUT2D eigenvalue weighted by atomic mass is 9.79. The minimum absolute atomic E-state index is 0.154. The Morgan fingerprint density at radius 1 is 0.818 bits per heavy atom. The van der Waals surface area contributed by atoms with Crippen molar-refractivity contribution in [3.05, 3.63) is 100 Å². The van der Waals surface area contributed by atoms with E-state index in [0.29, 0.717) is 5.92 Å². The third kappa shape index (κ3) is 5.57. The number of rotatable bonds is 5. The first-order valence-electron chi connectivity index (χ1n) is 11.5. The summed E-state index contributed by atoms with van der Waals surface area (Å²) in [6, 6.07) is 18.2. The zero-order valence-electron chi connectivity index (χ0n) is 19.0. The van der Waals surface area contributed by atoms with E-state index in [2.05, 4.69) is 31.2 Å². The van der Waals surface area contributed by atoms with Crippen LogP contribution in [0.4, 0.5) is 8.78 Å². The number of halogens is 2. The first-order valence-corrected chi connectivity index (χ1v) is 11.5. The molecule has 0 atom stereocenters. The van der Waals surface area contributed by atoms with Crippen LogP contribution in [0.3, 0.4) is 0 Å². The molecule has 3 aromatic carbocycles. The monoisotopic (exact) mass is 446 g/mol. The second kappa shape index (κ2) is 10.1. The number of benzene rings is 3. The number of esters is 1. The molecule has 0 spiro atoms. The maximum Gasteiger partial charge on any atom is 0.343 e. The second-order valence-corrected chi connectivity index (χ2v) is 8.98. The van der Waals surface area contributed by atoms with Gasteiger partial charge in [0.15, 0.2) is 11.6 Å². The standard InChI is InChI=1S/C29H28F2O2/c1-19-3-12-23(13-4-19)24-14-8-21(9-15-24)6-7-22-10-16-25(17-11-22)29(32)33-26-18-5-20(2)27(30)28(26)31/h5-11,14-19,23H,3-4,12-13H2,1-2H3/b7-6+. The van der Waals surface area contributed by atoms with Crippen molar-refractivity contribution in [3.8, 4) is 5.75 Å². The van der Waals surface area contributed by atoms with Gasteiger partial charge in [-0.05, 0) is 72.1 Å². The minimum atomic E-state index is -1.16. The van der Waals surface area contributed by atoms with Gasteiger partial charge in [-0.25, -0.2) is 9.18 Å². The fraction of sp³-hybridized carbons (Fsp3) is 0.276. The van der Waals surface area contributed by atoms with Crippen LogP contribution in [0.1, 0.15) is 71.1 Å². The molecule has 1 fully saturated rings. The third-order valence-electron chi connectivity index (χ3n) is 6.48. The number of ether oxygens (including phenoxy) is 1. The summed E-state index contributed by atoms with van der Waals surface area (Å²) >= 11 is 0. The Balaban J connectivity index is 1.37. The Bertz CT molecular complexity index is 1140. The summed E-state index contributed by atoms with van der Waals surface area (Å²) in [6.45, 7) is 3.78. The fourth-order valence-electron chi connectivity index (χ4n) is 4.26. The predicted octanol–water partition coefficient (Wildman–Crippen LogP) is 7.96. The Labute approximate surface area is 193 Å². The molecule has 0 heterocycles. The van der Waals surface area contributed by atoms with Crippen molar-refractivity contribution in [3.63, 3.8) is 0 Å². The molecule has 0 bridgehead atoms. The van der Waals surface area contributed by atoms with E-state index in [4.69, 9.17) is 4.74 Å². The van der Waals surface area contributed by atoms with E-state index in [1.807, 2.05) is 12.2 Å². The summed E-state index contributed by atoms with van der Waals surface area (Å²) in [5.74, 6) is -1.80. The molecule has 0 unspecified atom stereocenters. The average molecular weight is 447 g/mol. The van der Waals surface area contributed by atoms with E-state index in [1.54, 1.807) is 24.3 Å². The molecule has 170 valence electrons. The van der Waals surface area contributed by atoms with Crippen LogP contribution in [0.15, 0.2) is 60.7 Å². The molecule has 1 aliphatic rings. The number of hydrogen-bond donors (Lipinski definition) is 0. The van der Waals surface area contributed by atoms with Crippen molar-refractivity contribution in [2.24, 2.45) is 5.92 Å². The number of carbonyl (C=O) groups excluding carboxylic acids is 1. The van der Waals surface area contributed by atoms with Gasteiger partial charge in [-0.15, -0.1) is 0 Å². The summed E-state index contributed by atoms with van der Waals surface area (Å²) in [4.78, 5) is 12.3. The Hall–Kier alpha value is -3.27. The van der Waals surface area contributed by atoms with E-state index in [1.165, 1.54) is 50.3 Å². The molecule has 0 amide bonds. The van der Waals surface area contributed by atoms with Crippen molar-refractivity contribution in [2.75, 3.05) is 0 Å². The number of hydrogen-bond acceptors (Lipinski definition) is 2. The highest BCUT2D eigenvalue weighted by Gasteiger charge is 2.19. The van der Waals surface area contributed by atoms with Crippen LogP contribution >= 0.6 is 0 Å². The summed E-state index contributed by atoms with van der Waals surface area (Å²) in [7, 11) is 0. The zero-order chi connectivity index (χ0) is 23.4. The first kappa shape index (κ1) is 22.9. The van der Waals surface area contributed by atoms with Crippen LogP contribution < -0.4 is 4.74 Å². The molecule has 0 radical (unpaired) electrons. The maximum absolute atomic E-state index is 13.9. The lowest BCUT2D eigenvalue weighted by Crippen LogP contribution is -2.10. The van der Waals surface area contributed by atoms with Gasteiger partial charge in [-0.3, -0.25) is 0 Å². The highest BCUT2D eigenvalue weighted by molar-refractivity contribution is 5.91. The van der Waals surface area contributed by atoms with Gasteiger partial charge in [0, 0.05) is 0 Å². The van der Waals surface area contributed by atoms with E-state index in [9.17, 15) is 13.6 Å². The summed E-state index contributed by atoms with van der Waals surface area (Å²) in [5.41, 5.74) is 3.87. The van der Waals surface area contributed by atoms with Crippen molar-refractivity contribution >= 4 is 18.1 Å². The van der Waals surface area contributed by atoms with Gasteiger partial charge in [0.25, 0.3) is 0 Å². The van der Waals surface area contributed by atoms with E-state index in [0.717, 1.165) is 17.0 Å². The Morgan fingerprint density at radius 2 is 1.39 bits per heavy atom. The highest BCUT2D eigenvalue weighted by Crippen LogP contribution is 2.35. The minimum Gasteiger partial charge on any atom is -0.420 e. The normalized spacial score (nSPS) is 18.4. The van der Waals surface area contributed by atoms with E-state index < -0.39 is 23.4 Å². The molecule has 0 aromatic heterocycles. The van der Waals surface area contributed by atoms with Gasteiger partial charge in [0.1, 0.15) is 0 Å². The summed E-state index contributed by atoms with van der Waals surface area (Å²) in [6.07, 6.45) is 9.18. The van der Waals surface area contributed by atoms with Crippen LogP contribution in [0, 0.1) is 24.5 Å². The molecular formula is C29H28F2O2. The summed E-state index contributed by atoms with van der Waals surface area (Å²) in [5, 5.41) is 0. The molecular weight excluding hydrogens is 418 g/mol. The Kier molecular flexibility index (Phi) is 7.02. The van der Waals surface area contributed by atoms with Gasteiger partial charge in [-0.1, -0.05) is 74.4 Å². The van der Waals surface area contributed by atoms with Crippen molar-refractivity contribution in [1.82, 2.24) is 0 Å². The molecule has 4 heteroatoms. The number of aryl methyl sites for hydroxylation is 1. The topological polar surface area (TPSA) is 26.3 Å². The molecule has 1 saturated carbocycles. The lowest BCUT2D eigenvalue weighted by Gasteiger charge is -2.26. The molecule has 33 heavy (non-hydrogen) atoms. The summed E-state index contributed by atoms with van der Waals surface area (Å²) < 4.78 is 32.7. The highest BCUT2D eigenvalue weighted by atomic mass is 19.2. The van der Waals surface area contributed by atoms with Gasteiger partial charge in [0.05, 0.1) is 5.56 Å². The van der Waals surface area contributed by atoms with Crippen LogP contribution in [-0.2, 0) is 0 Å². The van der Waals surface area contributed by atoms with Gasteiger partial charge in [0.2, 0.25) is 5.82 Å². The molecule has 2 nitrogen and oxygen atoms in total. The molecule has 0 N–H and O–H groups in total. The van der Waals surface area contributed by atoms with E-state index >= 15 is 0 Å². The predicted molar refractivity (Wildman–Crippen MR) is 128 cm³/mol. The van der Waals surface area contributed by atoms with Crippen LogP contribution in [0.2, 0.25) is 0 Å². The number of carbonyl (C=O) groups is 1. The molecule has 0 aliphatic heterocycles. The zero-order valence-corrected chi connectivity index (χ0v) is 19.0. The van der Waals surface area contributed by atoms with Crippen molar-refractivity contribution < 1.29 is 18.3 Å².